The second kappa shape index (κ2) is 11.9. The normalized spacial score (nSPS) is 41.8. The van der Waals surface area contributed by atoms with Gasteiger partial charge in [-0.15, -0.1) is 0 Å². The molecule has 4 aliphatic carbocycles. The van der Waals surface area contributed by atoms with Crippen molar-refractivity contribution in [1.29, 1.82) is 0 Å². The second-order valence-corrected chi connectivity index (χ2v) is 17.1. The Hall–Kier alpha value is -0.650. The van der Waals surface area contributed by atoms with E-state index in [1.54, 1.807) is 0 Å². The van der Waals surface area contributed by atoms with Gasteiger partial charge in [0.15, 0.2) is 0 Å². The third-order valence-electron chi connectivity index (χ3n) is 11.1. The zero-order chi connectivity index (χ0) is 31.5. The molecule has 244 valence electrons. The number of allylic oxidation sites excluding steroid dienone is 2. The molecule has 12 nitrogen and oxygen atoms in total. The highest BCUT2D eigenvalue weighted by Crippen LogP contribution is 2.69. The van der Waals surface area contributed by atoms with E-state index in [0.29, 0.717) is 24.2 Å². The average Bonchev–Trinajstić information content (AvgIpc) is 3.14. The van der Waals surface area contributed by atoms with Gasteiger partial charge in [0, 0.05) is 0 Å². The molecule has 0 aromatic carbocycles. The van der Waals surface area contributed by atoms with Crippen LogP contribution in [-0.4, -0.2) is 57.2 Å². The van der Waals surface area contributed by atoms with Crippen LogP contribution < -0.4 is 0 Å². The van der Waals surface area contributed by atoms with E-state index in [-0.39, 0.29) is 36.0 Å². The highest BCUT2D eigenvalue weighted by Gasteiger charge is 2.65. The minimum Gasteiger partial charge on any atom is -0.264 e. The van der Waals surface area contributed by atoms with Gasteiger partial charge in [-0.1, -0.05) is 46.8 Å². The fourth-order valence-electron chi connectivity index (χ4n) is 9.63. The highest BCUT2D eigenvalue weighted by atomic mass is 32.3. The fraction of sp³-hybridized carbons (Fsp3) is 0.926. The summed E-state index contributed by atoms with van der Waals surface area (Å²) >= 11 is 0. The van der Waals surface area contributed by atoms with Crippen LogP contribution in [0.25, 0.3) is 0 Å². The Morgan fingerprint density at radius 2 is 1.29 bits per heavy atom. The van der Waals surface area contributed by atoms with Crippen LogP contribution in [-0.2, 0) is 43.7 Å². The van der Waals surface area contributed by atoms with E-state index in [0.717, 1.165) is 32.1 Å². The van der Waals surface area contributed by atoms with Gasteiger partial charge >= 0.3 is 31.2 Å². The molecule has 0 heterocycles. The summed E-state index contributed by atoms with van der Waals surface area (Å²) in [5, 5.41) is 0. The molecule has 42 heavy (non-hydrogen) atoms. The second-order valence-electron chi connectivity index (χ2n) is 14.0. The molecule has 3 N–H and O–H groups in total. The summed E-state index contributed by atoms with van der Waals surface area (Å²) in [4.78, 5) is 0. The number of hydrogen-bond donors (Lipinski definition) is 3. The fourth-order valence-corrected chi connectivity index (χ4v) is 11.2. The van der Waals surface area contributed by atoms with Gasteiger partial charge in [-0.2, -0.15) is 25.3 Å². The minimum absolute atomic E-state index is 0.0148. The van der Waals surface area contributed by atoms with Gasteiger partial charge in [-0.25, -0.2) is 12.5 Å². The van der Waals surface area contributed by atoms with E-state index in [1.165, 1.54) is 0 Å². The van der Waals surface area contributed by atoms with Crippen LogP contribution in [0.5, 0.6) is 0 Å². The molecule has 0 aliphatic heterocycles. The number of rotatable bonds is 10. The van der Waals surface area contributed by atoms with Crippen molar-refractivity contribution in [2.45, 2.75) is 104 Å². The molecule has 0 amide bonds. The van der Waals surface area contributed by atoms with Crippen molar-refractivity contribution < 1.29 is 51.5 Å². The molecule has 0 saturated heterocycles. The van der Waals surface area contributed by atoms with Gasteiger partial charge in [-0.3, -0.25) is 13.7 Å². The van der Waals surface area contributed by atoms with Crippen molar-refractivity contribution in [3.05, 3.63) is 12.2 Å². The first kappa shape index (κ1) is 34.2. The maximum absolute atomic E-state index is 12.0. The maximum Gasteiger partial charge on any atom is 0.397 e. The van der Waals surface area contributed by atoms with Crippen LogP contribution in [0.15, 0.2) is 12.2 Å². The van der Waals surface area contributed by atoms with Crippen LogP contribution in [0.3, 0.4) is 0 Å². The van der Waals surface area contributed by atoms with Gasteiger partial charge in [-0.05, 0) is 104 Å². The summed E-state index contributed by atoms with van der Waals surface area (Å²) < 4.78 is 114. The summed E-state index contributed by atoms with van der Waals surface area (Å²) in [5.74, 6) is 0.845. The number of fused-ring (bicyclic) bond motifs is 5. The topological polar surface area (TPSA) is 191 Å². The Morgan fingerprint density at radius 1 is 0.738 bits per heavy atom. The van der Waals surface area contributed by atoms with Crippen LogP contribution >= 0.6 is 0 Å². The van der Waals surface area contributed by atoms with E-state index in [2.05, 4.69) is 39.8 Å². The Balaban J connectivity index is 1.70. The third kappa shape index (κ3) is 7.41. The van der Waals surface area contributed by atoms with Gasteiger partial charge in [0.05, 0.1) is 6.10 Å². The molecule has 4 saturated carbocycles. The highest BCUT2D eigenvalue weighted by molar-refractivity contribution is 7.81. The zero-order valence-electron chi connectivity index (χ0n) is 24.8. The van der Waals surface area contributed by atoms with Crippen LogP contribution in [0.1, 0.15) is 86.0 Å². The van der Waals surface area contributed by atoms with E-state index < -0.39 is 60.8 Å². The van der Waals surface area contributed by atoms with Crippen LogP contribution in [0.4, 0.5) is 0 Å². The predicted octanol–water partition coefficient (Wildman–Crippen LogP) is 4.67. The van der Waals surface area contributed by atoms with Crippen LogP contribution in [0, 0.1) is 52.3 Å². The van der Waals surface area contributed by atoms with Crippen molar-refractivity contribution in [2.75, 3.05) is 0 Å². The lowest BCUT2D eigenvalue weighted by Crippen LogP contribution is -2.62. The maximum atomic E-state index is 12.0. The standard InChI is InChI=1S/C27H46O12S3/c1-16(2)7-6-8-17(3)19-9-10-20-18-13-23(37-40(28,29)30)22-14-24(38-41(31,32)33)25(39-42(34,35)36)15-27(22,5)21(18)11-12-26(19,20)4/h6,8,16-25H,7,9-15H2,1-5H3,(H,28,29,30)(H,31,32,33)(H,34,35,36)/b8-6+/t17-,18+,19-,20+,21+,22-,23+,24+,25+,26-,27-/m1/s1. The smallest absolute Gasteiger partial charge is 0.264 e. The monoisotopic (exact) mass is 658 g/mol. The van der Waals surface area contributed by atoms with E-state index in [9.17, 15) is 38.9 Å². The minimum atomic E-state index is -5.06. The molecular weight excluding hydrogens is 612 g/mol. The summed E-state index contributed by atoms with van der Waals surface area (Å²) in [7, 11) is -15.0. The summed E-state index contributed by atoms with van der Waals surface area (Å²) in [6.07, 6.45) is 5.08. The zero-order valence-corrected chi connectivity index (χ0v) is 27.3. The molecule has 15 heteroatoms. The quantitative estimate of drug-likeness (QED) is 0.218. The molecule has 11 atom stereocenters. The lowest BCUT2D eigenvalue weighted by atomic mass is 9.43. The van der Waals surface area contributed by atoms with Crippen molar-refractivity contribution in [1.82, 2.24) is 0 Å². The largest absolute Gasteiger partial charge is 0.397 e. The molecule has 4 rings (SSSR count). The van der Waals surface area contributed by atoms with E-state index in [1.807, 2.05) is 6.92 Å². The first-order chi connectivity index (χ1) is 19.1. The molecule has 0 spiro atoms. The lowest BCUT2D eigenvalue weighted by molar-refractivity contribution is -0.183. The van der Waals surface area contributed by atoms with Gasteiger partial charge in [0.25, 0.3) is 0 Å². The van der Waals surface area contributed by atoms with Gasteiger partial charge < -0.3 is 0 Å². The van der Waals surface area contributed by atoms with Crippen molar-refractivity contribution in [3.8, 4) is 0 Å². The predicted molar refractivity (Wildman–Crippen MR) is 153 cm³/mol. The Kier molecular flexibility index (Phi) is 9.73. The van der Waals surface area contributed by atoms with E-state index >= 15 is 0 Å². The first-order valence-electron chi connectivity index (χ1n) is 14.8. The van der Waals surface area contributed by atoms with Gasteiger partial charge in [0.2, 0.25) is 0 Å². The van der Waals surface area contributed by atoms with Crippen molar-refractivity contribution in [3.63, 3.8) is 0 Å². The molecular formula is C27H46O12S3. The third-order valence-corrected chi connectivity index (χ3v) is 12.6. The lowest BCUT2D eigenvalue weighted by Gasteiger charge is -2.63. The SMILES string of the molecule is CC(C)C/C=C/[C@@H](C)[C@H]1CC[C@H]2[C@@H]3C[C@H](OS(=O)(=O)O)[C@H]4C[C@H](OS(=O)(=O)O)[C@@H](OS(=O)(=O)O)C[C@]4(C)[C@H]3CC[C@]12C. The molecule has 0 unspecified atom stereocenters. The molecule has 0 aromatic heterocycles. The first-order valence-corrected chi connectivity index (χ1v) is 18.9. The Bertz CT molecular complexity index is 1340. The van der Waals surface area contributed by atoms with E-state index in [4.69, 9.17) is 12.5 Å². The molecule has 0 radical (unpaired) electrons. The summed E-state index contributed by atoms with van der Waals surface area (Å²) in [5.41, 5.74) is -0.848. The summed E-state index contributed by atoms with van der Waals surface area (Å²) in [6.45, 7) is 10.8. The van der Waals surface area contributed by atoms with Crippen LogP contribution in [0.2, 0.25) is 0 Å². The van der Waals surface area contributed by atoms with Gasteiger partial charge in [0.1, 0.15) is 12.2 Å². The molecule has 4 aliphatic rings. The average molecular weight is 659 g/mol. The molecule has 0 bridgehead atoms. The van der Waals surface area contributed by atoms with Crippen molar-refractivity contribution >= 4 is 31.2 Å². The Labute approximate surface area is 250 Å². The van der Waals surface area contributed by atoms with Crippen molar-refractivity contribution in [2.24, 2.45) is 52.3 Å². The Morgan fingerprint density at radius 3 is 1.86 bits per heavy atom. The summed E-state index contributed by atoms with van der Waals surface area (Å²) in [6, 6.07) is 0. The molecule has 4 fully saturated rings. The number of hydrogen-bond acceptors (Lipinski definition) is 9. The molecule has 0 aromatic rings.